The van der Waals surface area contributed by atoms with Gasteiger partial charge in [0.15, 0.2) is 0 Å². The van der Waals surface area contributed by atoms with Gasteiger partial charge in [-0.25, -0.2) is 8.42 Å². The van der Waals surface area contributed by atoms with Gasteiger partial charge in [-0.05, 0) is 48.7 Å². The first-order chi connectivity index (χ1) is 18.5. The van der Waals surface area contributed by atoms with Gasteiger partial charge in [-0.3, -0.25) is 4.79 Å². The maximum absolute atomic E-state index is 13.6. The van der Waals surface area contributed by atoms with Crippen LogP contribution in [0.4, 0.5) is 11.4 Å². The number of hydrogen-bond donors (Lipinski definition) is 0. The molecule has 0 atom stereocenters. The normalized spacial score (nSPS) is 17.2. The molecule has 1 aliphatic heterocycles. The molecule has 3 aromatic rings. The summed E-state index contributed by atoms with van der Waals surface area (Å²) in [6.45, 7) is 4.06. The summed E-state index contributed by atoms with van der Waals surface area (Å²) in [6, 6.07) is 14.5. The fourth-order valence-electron chi connectivity index (χ4n) is 4.59. The van der Waals surface area contributed by atoms with E-state index in [1.807, 2.05) is 48.2 Å². The number of aromatic nitrogens is 2. The molecule has 9 nitrogen and oxygen atoms in total. The van der Waals surface area contributed by atoms with E-state index in [-0.39, 0.29) is 22.5 Å². The molecule has 5 rings (SSSR count). The first-order valence-electron chi connectivity index (χ1n) is 13.0. The summed E-state index contributed by atoms with van der Waals surface area (Å²) in [5.74, 6) is 0.181. The van der Waals surface area contributed by atoms with E-state index >= 15 is 0 Å². The number of ether oxygens (including phenoxy) is 1. The van der Waals surface area contributed by atoms with Crippen molar-refractivity contribution < 1.29 is 13.2 Å². The van der Waals surface area contributed by atoms with Gasteiger partial charge < -0.3 is 14.5 Å². The zero-order valence-corrected chi connectivity index (χ0v) is 24.1. The van der Waals surface area contributed by atoms with Crippen LogP contribution in [0.3, 0.4) is 0 Å². The van der Waals surface area contributed by atoms with E-state index in [1.165, 1.54) is 8.99 Å². The highest BCUT2D eigenvalue weighted by molar-refractivity contribution is 7.88. The number of hydrogen-bond acceptors (Lipinski definition) is 7. The number of sulfonamides is 1. The third kappa shape index (κ3) is 6.23. The van der Waals surface area contributed by atoms with Crippen LogP contribution in [0.1, 0.15) is 25.3 Å². The van der Waals surface area contributed by atoms with E-state index in [9.17, 15) is 13.2 Å². The summed E-state index contributed by atoms with van der Waals surface area (Å²) in [4.78, 5) is 17.5. The van der Waals surface area contributed by atoms with Crippen LogP contribution in [0.15, 0.2) is 59.5 Å². The average molecular weight is 572 g/mol. The molecular weight excluding hydrogens is 538 g/mol. The largest absolute Gasteiger partial charge is 0.486 e. The molecule has 2 heterocycles. The molecule has 11 heteroatoms. The lowest BCUT2D eigenvalue weighted by Gasteiger charge is -2.35. The van der Waals surface area contributed by atoms with Crippen molar-refractivity contribution in [3.8, 4) is 11.4 Å². The minimum atomic E-state index is -3.49. The number of anilines is 2. The van der Waals surface area contributed by atoms with Gasteiger partial charge in [0.05, 0.1) is 24.2 Å². The van der Waals surface area contributed by atoms with Gasteiger partial charge in [0, 0.05) is 56.4 Å². The highest BCUT2D eigenvalue weighted by Crippen LogP contribution is 2.45. The van der Waals surface area contributed by atoms with Crippen LogP contribution in [-0.2, 0) is 15.8 Å². The lowest BCUT2D eigenvalue weighted by Crippen LogP contribution is -2.49. The highest BCUT2D eigenvalue weighted by Gasteiger charge is 2.39. The number of rotatable bonds is 9. The minimum absolute atomic E-state index is 0.0507. The van der Waals surface area contributed by atoms with Gasteiger partial charge in [0.1, 0.15) is 5.69 Å². The molecule has 208 valence electrons. The monoisotopic (exact) mass is 571 g/mol. The van der Waals surface area contributed by atoms with Crippen molar-refractivity contribution in [1.82, 2.24) is 14.1 Å². The standard InChI is InChI=1S/C28H34ClN5O4S/c1-28(11-12-28)20-38-26-25(18-30-34(27(26)35)24-6-4-5-22(29)17-24)32-13-15-33(16-14-32)39(36,37)19-21-7-9-23(10-8-21)31(2)3/h4-10,17-18H,11-16,19-20H2,1-3H3. The predicted octanol–water partition coefficient (Wildman–Crippen LogP) is 3.78. The Morgan fingerprint density at radius 3 is 2.36 bits per heavy atom. The Labute approximate surface area is 234 Å². The minimum Gasteiger partial charge on any atom is -0.486 e. The van der Waals surface area contributed by atoms with Crippen LogP contribution in [0.2, 0.25) is 5.02 Å². The smallest absolute Gasteiger partial charge is 0.316 e. The van der Waals surface area contributed by atoms with E-state index in [1.54, 1.807) is 30.5 Å². The topological polar surface area (TPSA) is 88.0 Å². The van der Waals surface area contributed by atoms with Crippen molar-refractivity contribution in [3.05, 3.63) is 75.7 Å². The Hall–Kier alpha value is -3.08. The van der Waals surface area contributed by atoms with Crippen LogP contribution in [0.25, 0.3) is 5.69 Å². The number of nitrogens with zero attached hydrogens (tertiary/aromatic N) is 5. The zero-order chi connectivity index (χ0) is 27.8. The molecule has 0 amide bonds. The van der Waals surface area contributed by atoms with Crippen molar-refractivity contribution in [2.24, 2.45) is 5.41 Å². The van der Waals surface area contributed by atoms with E-state index in [0.717, 1.165) is 24.1 Å². The highest BCUT2D eigenvalue weighted by atomic mass is 35.5. The van der Waals surface area contributed by atoms with Gasteiger partial charge in [0.25, 0.3) is 0 Å². The first-order valence-corrected chi connectivity index (χ1v) is 15.0. The Morgan fingerprint density at radius 1 is 1.05 bits per heavy atom. The second-order valence-corrected chi connectivity index (χ2v) is 13.3. The third-order valence-electron chi connectivity index (χ3n) is 7.41. The van der Waals surface area contributed by atoms with Crippen molar-refractivity contribution in [1.29, 1.82) is 0 Å². The molecule has 1 aliphatic carbocycles. The number of halogens is 1. The fraction of sp³-hybridized carbons (Fsp3) is 0.429. The summed E-state index contributed by atoms with van der Waals surface area (Å²) in [6.07, 6.45) is 3.75. The van der Waals surface area contributed by atoms with Crippen molar-refractivity contribution in [2.75, 3.05) is 56.7 Å². The lowest BCUT2D eigenvalue weighted by molar-refractivity contribution is 0.242. The summed E-state index contributed by atoms with van der Waals surface area (Å²) < 4.78 is 35.3. The van der Waals surface area contributed by atoms with E-state index in [2.05, 4.69) is 12.0 Å². The van der Waals surface area contributed by atoms with Crippen molar-refractivity contribution >= 4 is 33.0 Å². The van der Waals surface area contributed by atoms with Crippen LogP contribution < -0.4 is 20.1 Å². The molecule has 0 N–H and O–H groups in total. The molecule has 0 spiro atoms. The van der Waals surface area contributed by atoms with Gasteiger partial charge in [-0.15, -0.1) is 0 Å². The second kappa shape index (κ2) is 10.8. The Kier molecular flexibility index (Phi) is 7.63. The molecule has 0 bridgehead atoms. The van der Waals surface area contributed by atoms with Gasteiger partial charge in [-0.2, -0.15) is 14.1 Å². The molecule has 1 saturated carbocycles. The lowest BCUT2D eigenvalue weighted by atomic mass is 10.2. The molecule has 39 heavy (non-hydrogen) atoms. The van der Waals surface area contributed by atoms with Crippen LogP contribution in [0, 0.1) is 5.41 Å². The van der Waals surface area contributed by atoms with E-state index in [0.29, 0.717) is 49.2 Å². The molecule has 1 saturated heterocycles. The number of benzene rings is 2. The third-order valence-corrected chi connectivity index (χ3v) is 9.50. The van der Waals surface area contributed by atoms with Gasteiger partial charge in [0.2, 0.25) is 15.8 Å². The van der Waals surface area contributed by atoms with E-state index < -0.39 is 10.0 Å². The molecular formula is C28H34ClN5O4S. The Balaban J connectivity index is 1.33. The maximum Gasteiger partial charge on any atom is 0.316 e. The fourth-order valence-corrected chi connectivity index (χ4v) is 6.29. The van der Waals surface area contributed by atoms with Crippen LogP contribution in [-0.4, -0.2) is 69.4 Å². The number of piperazine rings is 1. The zero-order valence-electron chi connectivity index (χ0n) is 22.5. The molecule has 2 fully saturated rings. The average Bonchev–Trinajstić information content (AvgIpc) is 3.65. The van der Waals surface area contributed by atoms with Gasteiger partial charge >= 0.3 is 5.56 Å². The molecule has 0 unspecified atom stereocenters. The summed E-state index contributed by atoms with van der Waals surface area (Å²) in [5.41, 5.74) is 2.61. The molecule has 1 aromatic heterocycles. The maximum atomic E-state index is 13.6. The van der Waals surface area contributed by atoms with Crippen molar-refractivity contribution in [2.45, 2.75) is 25.5 Å². The first kappa shape index (κ1) is 27.5. The van der Waals surface area contributed by atoms with Crippen LogP contribution >= 0.6 is 11.6 Å². The van der Waals surface area contributed by atoms with Gasteiger partial charge in [-0.1, -0.05) is 36.7 Å². The van der Waals surface area contributed by atoms with Crippen LogP contribution in [0.5, 0.6) is 5.75 Å². The quantitative estimate of drug-likeness (QED) is 0.386. The molecule has 2 aromatic carbocycles. The Bertz CT molecular complexity index is 1500. The summed E-state index contributed by atoms with van der Waals surface area (Å²) in [7, 11) is 0.401. The van der Waals surface area contributed by atoms with Crippen molar-refractivity contribution in [3.63, 3.8) is 0 Å². The SMILES string of the molecule is CN(C)c1ccc(CS(=O)(=O)N2CCN(c3cnn(-c4cccc(Cl)c4)c(=O)c3OCC3(C)CC3)CC2)cc1. The molecule has 0 radical (unpaired) electrons. The second-order valence-electron chi connectivity index (χ2n) is 10.9. The summed E-state index contributed by atoms with van der Waals surface area (Å²) in [5, 5.41) is 4.92. The van der Waals surface area contributed by atoms with E-state index in [4.69, 9.17) is 16.3 Å². The molecule has 2 aliphatic rings. The Morgan fingerprint density at radius 2 is 1.74 bits per heavy atom. The summed E-state index contributed by atoms with van der Waals surface area (Å²) >= 11 is 6.15. The predicted molar refractivity (Wildman–Crippen MR) is 155 cm³/mol.